The second-order valence-corrected chi connectivity index (χ2v) is 4.85. The predicted molar refractivity (Wildman–Crippen MR) is 73.8 cm³/mol. The van der Waals surface area contributed by atoms with Gasteiger partial charge in [0.15, 0.2) is 17.0 Å². The summed E-state index contributed by atoms with van der Waals surface area (Å²) in [5.74, 6) is -1.24. The molecule has 2 aromatic heterocycles. The highest BCUT2D eigenvalue weighted by molar-refractivity contribution is 5.95. The van der Waals surface area contributed by atoms with Gasteiger partial charge in [-0.05, 0) is 24.3 Å². The molecule has 0 saturated heterocycles. The van der Waals surface area contributed by atoms with Gasteiger partial charge in [0.2, 0.25) is 0 Å². The van der Waals surface area contributed by atoms with E-state index in [2.05, 4.69) is 0 Å². The number of benzene rings is 2. The highest BCUT2D eigenvalue weighted by Gasteiger charge is 2.20. The van der Waals surface area contributed by atoms with Crippen LogP contribution in [0.4, 0.5) is 8.78 Å². The Morgan fingerprint density at radius 3 is 2.67 bits per heavy atom. The fourth-order valence-electron chi connectivity index (χ4n) is 2.64. The zero-order chi connectivity index (χ0) is 14.6. The van der Waals surface area contributed by atoms with Crippen molar-refractivity contribution in [2.24, 2.45) is 0 Å². The van der Waals surface area contributed by atoms with Crippen molar-refractivity contribution >= 4 is 16.3 Å². The van der Waals surface area contributed by atoms with Gasteiger partial charge in [-0.25, -0.2) is 8.78 Å². The average Bonchev–Trinajstić information content (AvgIpc) is 2.91. The van der Waals surface area contributed by atoms with Gasteiger partial charge in [0.1, 0.15) is 18.2 Å². The third-order valence-corrected chi connectivity index (χ3v) is 3.59. The molecule has 0 aliphatic carbocycles. The molecule has 21 heavy (non-hydrogen) atoms. The van der Waals surface area contributed by atoms with Gasteiger partial charge in [0.05, 0.1) is 5.39 Å². The van der Waals surface area contributed by atoms with E-state index in [1.807, 2.05) is 24.3 Å². The van der Waals surface area contributed by atoms with Gasteiger partial charge in [-0.2, -0.15) is 13.8 Å². The van der Waals surface area contributed by atoms with Crippen molar-refractivity contribution in [2.75, 3.05) is 0 Å². The summed E-state index contributed by atoms with van der Waals surface area (Å²) in [6.07, 6.45) is 3.16. The lowest BCUT2D eigenvalue weighted by atomic mass is 10.2. The van der Waals surface area contributed by atoms with E-state index in [-0.39, 0.29) is 5.69 Å². The van der Waals surface area contributed by atoms with Crippen LogP contribution in [0, 0.1) is 11.6 Å². The maximum absolute atomic E-state index is 13.9. The Hall–Kier alpha value is -2.82. The van der Waals surface area contributed by atoms with E-state index in [9.17, 15) is 13.6 Å². The molecule has 2 heterocycles. The Labute approximate surface area is 117 Å². The molecule has 0 aliphatic rings. The van der Waals surface area contributed by atoms with Crippen molar-refractivity contribution in [3.05, 3.63) is 77.0 Å². The molecule has 5 heteroatoms. The summed E-state index contributed by atoms with van der Waals surface area (Å²) < 4.78 is 29.9. The Kier molecular flexibility index (Phi) is 2.33. The quantitative estimate of drug-likeness (QED) is 0.493. The molecule has 0 saturated carbocycles. The van der Waals surface area contributed by atoms with E-state index in [0.29, 0.717) is 0 Å². The second-order valence-electron chi connectivity index (χ2n) is 4.85. The summed E-state index contributed by atoms with van der Waals surface area (Å²) in [5, 5.41) is 1.71. The number of nitrogens with zero attached hydrogens (tertiary/aromatic N) is 2. The Morgan fingerprint density at radius 1 is 1.00 bits per heavy atom. The summed E-state index contributed by atoms with van der Waals surface area (Å²) in [6.45, 7) is 0. The summed E-state index contributed by atoms with van der Waals surface area (Å²) in [7, 11) is 0. The summed E-state index contributed by atoms with van der Waals surface area (Å²) in [4.78, 5) is 12.5. The summed E-state index contributed by atoms with van der Waals surface area (Å²) >= 11 is 0. The normalized spacial score (nSPS) is 11.5. The van der Waals surface area contributed by atoms with Gasteiger partial charge in [-0.3, -0.25) is 0 Å². The molecular weight excluding hydrogens is 274 g/mol. The minimum Gasteiger partial charge on any atom is -0.207 e. The van der Waals surface area contributed by atoms with Gasteiger partial charge in [-0.15, -0.1) is 0 Å². The largest absolute Gasteiger partial charge is 0.508 e. The zero-order valence-corrected chi connectivity index (χ0v) is 10.8. The first kappa shape index (κ1) is 12.0. The molecule has 3 nitrogen and oxygen atoms in total. The monoisotopic (exact) mass is 283 g/mol. The second kappa shape index (κ2) is 4.09. The molecule has 0 unspecified atom stereocenters. The van der Waals surface area contributed by atoms with Crippen LogP contribution in [-0.4, -0.2) is 4.40 Å². The third kappa shape index (κ3) is 1.64. The highest BCUT2D eigenvalue weighted by Crippen LogP contribution is 2.19. The van der Waals surface area contributed by atoms with Crippen LogP contribution in [0.3, 0.4) is 0 Å². The molecule has 0 atom stereocenters. The fourth-order valence-corrected chi connectivity index (χ4v) is 2.64. The molecule has 4 rings (SSSR count). The molecule has 0 aliphatic heterocycles. The molecular formula is C16H9F2N2O+. The van der Waals surface area contributed by atoms with Crippen molar-refractivity contribution in [2.45, 2.75) is 0 Å². The summed E-state index contributed by atoms with van der Waals surface area (Å²) in [5.41, 5.74) is 0.236. The van der Waals surface area contributed by atoms with Crippen molar-refractivity contribution in [3.63, 3.8) is 0 Å². The number of halogens is 2. The number of para-hydroxylation sites is 1. The molecule has 4 aromatic rings. The molecule has 0 fully saturated rings. The van der Waals surface area contributed by atoms with E-state index in [1.165, 1.54) is 10.6 Å². The van der Waals surface area contributed by atoms with E-state index >= 15 is 0 Å². The van der Waals surface area contributed by atoms with Crippen LogP contribution in [0.2, 0.25) is 0 Å². The lowest BCUT2D eigenvalue weighted by Crippen LogP contribution is -2.51. The van der Waals surface area contributed by atoms with Crippen LogP contribution in [0.25, 0.3) is 22.0 Å². The average molecular weight is 283 g/mol. The van der Waals surface area contributed by atoms with Crippen molar-refractivity contribution < 1.29 is 13.3 Å². The van der Waals surface area contributed by atoms with Crippen molar-refractivity contribution in [1.82, 2.24) is 4.40 Å². The number of aromatic nitrogens is 2. The van der Waals surface area contributed by atoms with E-state index in [4.69, 9.17) is 0 Å². The molecule has 0 bridgehead atoms. The standard InChI is InChI=1S/C16H9F2N2O/c17-12-4-5-13(18)14(8-12)20-9-11-3-1-2-10-6-7-19(15(10)11)16(20)21/h1-9H/q+1. The molecule has 0 radical (unpaired) electrons. The van der Waals surface area contributed by atoms with Crippen LogP contribution >= 0.6 is 0 Å². The number of hydrogen-bond acceptors (Lipinski definition) is 1. The molecule has 102 valence electrons. The predicted octanol–water partition coefficient (Wildman–Crippen LogP) is 2.45. The van der Waals surface area contributed by atoms with Crippen molar-refractivity contribution in [3.8, 4) is 5.69 Å². The van der Waals surface area contributed by atoms with E-state index < -0.39 is 17.3 Å². The zero-order valence-electron chi connectivity index (χ0n) is 10.8. The molecule has 0 N–H and O–H groups in total. The minimum absolute atomic E-state index is 0.101. The Balaban J connectivity index is 2.17. The first-order valence-electron chi connectivity index (χ1n) is 6.39. The van der Waals surface area contributed by atoms with Crippen molar-refractivity contribution in [1.29, 1.82) is 0 Å². The van der Waals surface area contributed by atoms with Gasteiger partial charge in [-0.1, -0.05) is 12.1 Å². The first-order valence-corrected chi connectivity index (χ1v) is 6.39. The molecule has 0 spiro atoms. The molecule has 0 amide bonds. The van der Waals surface area contributed by atoms with Crippen LogP contribution < -0.4 is 10.3 Å². The number of rotatable bonds is 1. The van der Waals surface area contributed by atoms with Crippen LogP contribution in [0.5, 0.6) is 0 Å². The van der Waals surface area contributed by atoms with Crippen LogP contribution in [0.15, 0.2) is 59.7 Å². The Morgan fingerprint density at radius 2 is 1.81 bits per heavy atom. The summed E-state index contributed by atoms with van der Waals surface area (Å²) in [6, 6.07) is 10.4. The first-order chi connectivity index (χ1) is 10.1. The van der Waals surface area contributed by atoms with Gasteiger partial charge in [0.25, 0.3) is 0 Å². The Bertz CT molecular complexity index is 1040. The van der Waals surface area contributed by atoms with E-state index in [0.717, 1.165) is 39.1 Å². The van der Waals surface area contributed by atoms with Gasteiger partial charge >= 0.3 is 5.69 Å². The smallest absolute Gasteiger partial charge is 0.207 e. The van der Waals surface area contributed by atoms with Gasteiger partial charge in [0, 0.05) is 11.5 Å². The fraction of sp³-hybridized carbons (Fsp3) is 0. The maximum Gasteiger partial charge on any atom is 0.508 e. The lowest BCUT2D eigenvalue weighted by Gasteiger charge is -2.02. The highest BCUT2D eigenvalue weighted by atomic mass is 19.1. The minimum atomic E-state index is -0.649. The topological polar surface area (TPSA) is 25.4 Å². The SMILES string of the molecule is O=c1n2ccc3cccc(c[n+]1-c1cc(F)ccc1F)c32. The number of hydrogen-bond donors (Lipinski definition) is 0. The maximum atomic E-state index is 13.9. The van der Waals surface area contributed by atoms with E-state index in [1.54, 1.807) is 6.20 Å². The third-order valence-electron chi connectivity index (χ3n) is 3.59. The van der Waals surface area contributed by atoms with Gasteiger partial charge < -0.3 is 0 Å². The van der Waals surface area contributed by atoms with Crippen LogP contribution in [0.1, 0.15) is 0 Å². The molecule has 2 aromatic carbocycles. The lowest BCUT2D eigenvalue weighted by molar-refractivity contribution is -0.616. The van der Waals surface area contributed by atoms with Crippen LogP contribution in [-0.2, 0) is 0 Å².